The minimum atomic E-state index is 0.0751. The molecule has 0 aromatic rings. The first kappa shape index (κ1) is 11.9. The van der Waals surface area contributed by atoms with E-state index in [2.05, 4.69) is 5.32 Å². The zero-order chi connectivity index (χ0) is 11.4. The highest BCUT2D eigenvalue weighted by Gasteiger charge is 2.32. The molecule has 92 valence electrons. The van der Waals surface area contributed by atoms with Crippen LogP contribution in [0.15, 0.2) is 0 Å². The Kier molecular flexibility index (Phi) is 4.18. The zero-order valence-electron chi connectivity index (χ0n) is 9.82. The minimum Gasteiger partial charge on any atom is -0.395 e. The molecule has 0 heterocycles. The van der Waals surface area contributed by atoms with Crippen LogP contribution < -0.4 is 5.32 Å². The van der Waals surface area contributed by atoms with Crippen LogP contribution >= 0.6 is 0 Å². The summed E-state index contributed by atoms with van der Waals surface area (Å²) in [6, 6.07) is 0.948. The largest absolute Gasteiger partial charge is 0.395 e. The summed E-state index contributed by atoms with van der Waals surface area (Å²) in [4.78, 5) is 13.8. The molecule has 4 heteroatoms. The highest BCUT2D eigenvalue weighted by atomic mass is 16.3. The number of carbonyl (C=O) groups is 1. The first-order chi connectivity index (χ1) is 7.81. The summed E-state index contributed by atoms with van der Waals surface area (Å²) in [5.74, 6) is 0.156. The molecule has 4 nitrogen and oxygen atoms in total. The van der Waals surface area contributed by atoms with E-state index in [0.717, 1.165) is 12.8 Å². The Morgan fingerprint density at radius 1 is 1.25 bits per heavy atom. The van der Waals surface area contributed by atoms with E-state index in [1.165, 1.54) is 25.7 Å². The maximum atomic E-state index is 11.9. The van der Waals surface area contributed by atoms with Gasteiger partial charge in [0.05, 0.1) is 13.2 Å². The van der Waals surface area contributed by atoms with Crippen LogP contribution in [0.5, 0.6) is 0 Å². The zero-order valence-corrected chi connectivity index (χ0v) is 9.82. The van der Waals surface area contributed by atoms with E-state index in [0.29, 0.717) is 25.2 Å². The van der Waals surface area contributed by atoms with E-state index in [1.54, 1.807) is 0 Å². The lowest BCUT2D eigenvalue weighted by atomic mass is 10.2. The maximum Gasteiger partial charge on any atom is 0.236 e. The Hall–Kier alpha value is -0.610. The van der Waals surface area contributed by atoms with Gasteiger partial charge in [0, 0.05) is 18.6 Å². The average molecular weight is 226 g/mol. The molecule has 0 aliphatic heterocycles. The maximum absolute atomic E-state index is 11.9. The van der Waals surface area contributed by atoms with Gasteiger partial charge in [0.15, 0.2) is 0 Å². The van der Waals surface area contributed by atoms with Crippen molar-refractivity contribution in [3.63, 3.8) is 0 Å². The Morgan fingerprint density at radius 2 is 1.94 bits per heavy atom. The summed E-state index contributed by atoms with van der Waals surface area (Å²) in [6.07, 6.45) is 7.20. The number of aliphatic hydroxyl groups excluding tert-OH is 1. The van der Waals surface area contributed by atoms with Crippen LogP contribution in [0, 0.1) is 0 Å². The number of nitrogens with one attached hydrogen (secondary N) is 1. The molecule has 0 bridgehead atoms. The molecule has 16 heavy (non-hydrogen) atoms. The van der Waals surface area contributed by atoms with Crippen molar-refractivity contribution in [3.05, 3.63) is 0 Å². The highest BCUT2D eigenvalue weighted by molar-refractivity contribution is 5.79. The van der Waals surface area contributed by atoms with Crippen molar-refractivity contribution >= 4 is 5.91 Å². The Morgan fingerprint density at radius 3 is 2.50 bits per heavy atom. The molecule has 2 saturated carbocycles. The van der Waals surface area contributed by atoms with Crippen LogP contribution in [-0.2, 0) is 4.79 Å². The molecule has 0 saturated heterocycles. The lowest BCUT2D eigenvalue weighted by molar-refractivity contribution is -0.131. The molecule has 2 rings (SSSR count). The molecular formula is C12H22N2O2. The first-order valence-electron chi connectivity index (χ1n) is 6.45. The summed E-state index contributed by atoms with van der Waals surface area (Å²) >= 11 is 0. The number of amides is 1. The Labute approximate surface area is 97.0 Å². The van der Waals surface area contributed by atoms with Crippen LogP contribution in [-0.4, -0.2) is 47.7 Å². The van der Waals surface area contributed by atoms with Gasteiger partial charge in [-0.3, -0.25) is 4.79 Å². The van der Waals surface area contributed by atoms with Crippen LogP contribution in [0.25, 0.3) is 0 Å². The van der Waals surface area contributed by atoms with Crippen LogP contribution in [0.4, 0.5) is 0 Å². The lowest BCUT2D eigenvalue weighted by Gasteiger charge is -2.22. The molecular weight excluding hydrogens is 204 g/mol. The molecule has 0 aromatic carbocycles. The molecule has 0 unspecified atom stereocenters. The Bertz CT molecular complexity index is 235. The van der Waals surface area contributed by atoms with Crippen molar-refractivity contribution in [2.24, 2.45) is 0 Å². The summed E-state index contributed by atoms with van der Waals surface area (Å²) < 4.78 is 0. The molecule has 0 atom stereocenters. The summed E-state index contributed by atoms with van der Waals surface area (Å²) in [5.41, 5.74) is 0. The number of carbonyl (C=O) groups excluding carboxylic acids is 1. The van der Waals surface area contributed by atoms with Crippen LogP contribution in [0.3, 0.4) is 0 Å². The molecule has 0 radical (unpaired) electrons. The molecule has 2 aliphatic carbocycles. The van der Waals surface area contributed by atoms with Crippen molar-refractivity contribution in [1.82, 2.24) is 10.2 Å². The van der Waals surface area contributed by atoms with Gasteiger partial charge in [0.25, 0.3) is 0 Å². The van der Waals surface area contributed by atoms with Gasteiger partial charge in [0.2, 0.25) is 5.91 Å². The second-order valence-electron chi connectivity index (χ2n) is 4.90. The predicted molar refractivity (Wildman–Crippen MR) is 62.1 cm³/mol. The van der Waals surface area contributed by atoms with Crippen LogP contribution in [0.1, 0.15) is 38.5 Å². The SMILES string of the molecule is O=C(CNC1CCCC1)N(CCO)C1CC1. The van der Waals surface area contributed by atoms with E-state index in [4.69, 9.17) is 5.11 Å². The lowest BCUT2D eigenvalue weighted by Crippen LogP contribution is -2.43. The fraction of sp³-hybridized carbons (Fsp3) is 0.917. The fourth-order valence-electron chi connectivity index (χ4n) is 2.47. The molecule has 1 amide bonds. The molecule has 2 aliphatic rings. The van der Waals surface area contributed by atoms with Gasteiger partial charge >= 0.3 is 0 Å². The normalized spacial score (nSPS) is 21.3. The van der Waals surface area contributed by atoms with Crippen molar-refractivity contribution in [3.8, 4) is 0 Å². The van der Waals surface area contributed by atoms with Gasteiger partial charge in [-0.05, 0) is 25.7 Å². The number of nitrogens with zero attached hydrogens (tertiary/aromatic N) is 1. The van der Waals surface area contributed by atoms with Gasteiger partial charge in [-0.15, -0.1) is 0 Å². The van der Waals surface area contributed by atoms with Crippen molar-refractivity contribution < 1.29 is 9.90 Å². The van der Waals surface area contributed by atoms with E-state index >= 15 is 0 Å². The van der Waals surface area contributed by atoms with Gasteiger partial charge in [-0.25, -0.2) is 0 Å². The van der Waals surface area contributed by atoms with Crippen molar-refractivity contribution in [1.29, 1.82) is 0 Å². The molecule has 2 fully saturated rings. The third-order valence-electron chi connectivity index (χ3n) is 3.55. The highest BCUT2D eigenvalue weighted by Crippen LogP contribution is 2.26. The minimum absolute atomic E-state index is 0.0751. The quantitative estimate of drug-likeness (QED) is 0.693. The van der Waals surface area contributed by atoms with E-state index in [9.17, 15) is 4.79 Å². The third kappa shape index (κ3) is 3.19. The second kappa shape index (κ2) is 5.64. The average Bonchev–Trinajstić information content (AvgIpc) is 2.99. The summed E-state index contributed by atoms with van der Waals surface area (Å²) in [7, 11) is 0. The fourth-order valence-corrected chi connectivity index (χ4v) is 2.47. The third-order valence-corrected chi connectivity index (χ3v) is 3.55. The smallest absolute Gasteiger partial charge is 0.236 e. The van der Waals surface area contributed by atoms with Crippen LogP contribution in [0.2, 0.25) is 0 Å². The van der Waals surface area contributed by atoms with E-state index in [1.807, 2.05) is 4.90 Å². The molecule has 2 N–H and O–H groups in total. The van der Waals surface area contributed by atoms with E-state index < -0.39 is 0 Å². The van der Waals surface area contributed by atoms with E-state index in [-0.39, 0.29) is 12.5 Å². The monoisotopic (exact) mass is 226 g/mol. The number of hydrogen-bond donors (Lipinski definition) is 2. The summed E-state index contributed by atoms with van der Waals surface area (Å²) in [6.45, 7) is 1.02. The van der Waals surface area contributed by atoms with Crippen molar-refractivity contribution in [2.75, 3.05) is 19.7 Å². The van der Waals surface area contributed by atoms with Gasteiger partial charge in [-0.2, -0.15) is 0 Å². The second-order valence-corrected chi connectivity index (χ2v) is 4.90. The summed E-state index contributed by atoms with van der Waals surface area (Å²) in [5, 5.41) is 12.3. The standard InChI is InChI=1S/C12H22N2O2/c15-8-7-14(11-5-6-11)12(16)9-13-10-3-1-2-4-10/h10-11,13,15H,1-9H2. The van der Waals surface area contributed by atoms with Gasteiger partial charge < -0.3 is 15.3 Å². The number of hydrogen-bond acceptors (Lipinski definition) is 3. The molecule has 0 aromatic heterocycles. The predicted octanol–water partition coefficient (Wildman–Crippen LogP) is 0.502. The Balaban J connectivity index is 1.71. The van der Waals surface area contributed by atoms with Gasteiger partial charge in [-0.1, -0.05) is 12.8 Å². The van der Waals surface area contributed by atoms with Gasteiger partial charge in [0.1, 0.15) is 0 Å². The topological polar surface area (TPSA) is 52.6 Å². The number of rotatable bonds is 6. The first-order valence-corrected chi connectivity index (χ1v) is 6.45. The molecule has 0 spiro atoms. The van der Waals surface area contributed by atoms with Crippen molar-refractivity contribution in [2.45, 2.75) is 50.6 Å². The number of aliphatic hydroxyl groups is 1.